The number of hydrogen-bond acceptors (Lipinski definition) is 6. The van der Waals surface area contributed by atoms with Crippen LogP contribution in [0.5, 0.6) is 0 Å². The molecule has 1 aromatic heterocycles. The van der Waals surface area contributed by atoms with Crippen LogP contribution >= 0.6 is 11.8 Å². The highest BCUT2D eigenvalue weighted by molar-refractivity contribution is 8.00. The zero-order valence-electron chi connectivity index (χ0n) is 14.3. The molecular weight excluding hydrogens is 370 g/mol. The predicted molar refractivity (Wildman–Crippen MR) is 103 cm³/mol. The minimum Gasteiger partial charge on any atom is -0.324 e. The lowest BCUT2D eigenvalue weighted by molar-refractivity contribution is -0.113. The molecule has 6 nitrogen and oxygen atoms in total. The molecule has 1 amide bonds. The van der Waals surface area contributed by atoms with Crippen molar-refractivity contribution in [2.24, 2.45) is 0 Å². The van der Waals surface area contributed by atoms with Gasteiger partial charge in [0.25, 0.3) is 0 Å². The fourth-order valence-corrected chi connectivity index (χ4v) is 4.19. The van der Waals surface area contributed by atoms with Crippen molar-refractivity contribution in [2.75, 3.05) is 17.3 Å². The van der Waals surface area contributed by atoms with E-state index in [1.54, 1.807) is 25.1 Å². The van der Waals surface area contributed by atoms with E-state index in [9.17, 15) is 13.2 Å². The average Bonchev–Trinajstić information content (AvgIpc) is 2.59. The quantitative estimate of drug-likeness (QED) is 0.535. The fourth-order valence-electron chi connectivity index (χ4n) is 2.48. The van der Waals surface area contributed by atoms with Gasteiger partial charge >= 0.3 is 0 Å². The van der Waals surface area contributed by atoms with Gasteiger partial charge in [0.15, 0.2) is 9.84 Å². The minimum atomic E-state index is -3.42. The number of benzene rings is 2. The number of hydrogen-bond donors (Lipinski definition) is 1. The molecule has 0 saturated carbocycles. The Bertz CT molecular complexity index is 1080. The Morgan fingerprint density at radius 1 is 1.08 bits per heavy atom. The van der Waals surface area contributed by atoms with Crippen molar-refractivity contribution in [3.05, 3.63) is 54.4 Å². The van der Waals surface area contributed by atoms with Crippen LogP contribution in [0.2, 0.25) is 0 Å². The number of para-hydroxylation sites is 2. The Kier molecular flexibility index (Phi) is 5.24. The molecule has 1 N–H and O–H groups in total. The maximum absolute atomic E-state index is 12.3. The van der Waals surface area contributed by atoms with Gasteiger partial charge in [-0.05, 0) is 25.1 Å². The second-order valence-corrected chi connectivity index (χ2v) is 8.65. The lowest BCUT2D eigenvalue weighted by atomic mass is 10.2. The standard InChI is InChI=1S/C18H17N3O3S2/c1-12-19-14-8-4-3-7-13(14)18(20-12)25-11-17(22)21-15-9-5-6-10-16(15)26(2,23)24/h3-10H,11H2,1-2H3,(H,21,22). The number of carbonyl (C=O) groups excluding carboxylic acids is 1. The number of aromatic nitrogens is 2. The van der Waals surface area contributed by atoms with Gasteiger partial charge in [-0.3, -0.25) is 4.79 Å². The first-order valence-electron chi connectivity index (χ1n) is 7.80. The first-order chi connectivity index (χ1) is 12.3. The molecule has 0 aliphatic rings. The number of rotatable bonds is 5. The molecule has 0 aliphatic carbocycles. The van der Waals surface area contributed by atoms with E-state index in [4.69, 9.17) is 0 Å². The van der Waals surface area contributed by atoms with Crippen LogP contribution in [0.15, 0.2) is 58.5 Å². The van der Waals surface area contributed by atoms with Crippen molar-refractivity contribution < 1.29 is 13.2 Å². The molecule has 0 atom stereocenters. The van der Waals surface area contributed by atoms with E-state index < -0.39 is 9.84 Å². The second-order valence-electron chi connectivity index (χ2n) is 5.70. The summed E-state index contributed by atoms with van der Waals surface area (Å²) in [5.74, 6) is 0.443. The van der Waals surface area contributed by atoms with Gasteiger partial charge in [0.1, 0.15) is 10.9 Å². The number of sulfone groups is 1. The molecule has 0 unspecified atom stereocenters. The molecule has 0 fully saturated rings. The summed E-state index contributed by atoms with van der Waals surface area (Å²) in [5.41, 5.74) is 1.11. The molecule has 3 rings (SSSR count). The fraction of sp³-hybridized carbons (Fsp3) is 0.167. The Morgan fingerprint density at radius 2 is 1.77 bits per heavy atom. The van der Waals surface area contributed by atoms with E-state index in [1.165, 1.54) is 17.8 Å². The number of aryl methyl sites for hydroxylation is 1. The molecule has 134 valence electrons. The number of carbonyl (C=O) groups is 1. The maximum Gasteiger partial charge on any atom is 0.234 e. The number of nitrogens with one attached hydrogen (secondary N) is 1. The summed E-state index contributed by atoms with van der Waals surface area (Å²) in [7, 11) is -3.42. The van der Waals surface area contributed by atoms with Crippen LogP contribution in [0.1, 0.15) is 5.82 Å². The number of anilines is 1. The van der Waals surface area contributed by atoms with Gasteiger partial charge in [-0.15, -0.1) is 0 Å². The first kappa shape index (κ1) is 18.3. The third kappa shape index (κ3) is 4.20. The summed E-state index contributed by atoms with van der Waals surface area (Å²) in [5, 5.41) is 4.27. The van der Waals surface area contributed by atoms with Gasteiger partial charge in [-0.2, -0.15) is 0 Å². The smallest absolute Gasteiger partial charge is 0.234 e. The molecule has 0 spiro atoms. The zero-order valence-corrected chi connectivity index (χ0v) is 15.9. The van der Waals surface area contributed by atoms with Gasteiger partial charge in [0, 0.05) is 11.6 Å². The maximum atomic E-state index is 12.3. The Morgan fingerprint density at radius 3 is 2.54 bits per heavy atom. The van der Waals surface area contributed by atoms with Crippen LogP contribution in [0.3, 0.4) is 0 Å². The van der Waals surface area contributed by atoms with Crippen LogP contribution in [0.4, 0.5) is 5.69 Å². The van der Waals surface area contributed by atoms with Crippen molar-refractivity contribution in [2.45, 2.75) is 16.8 Å². The molecule has 0 radical (unpaired) electrons. The number of fused-ring (bicyclic) bond motifs is 1. The summed E-state index contributed by atoms with van der Waals surface area (Å²) in [6.45, 7) is 1.80. The van der Waals surface area contributed by atoms with Gasteiger partial charge in [-0.1, -0.05) is 42.1 Å². The summed E-state index contributed by atoms with van der Waals surface area (Å²) < 4.78 is 23.7. The van der Waals surface area contributed by atoms with Crippen molar-refractivity contribution in [3.8, 4) is 0 Å². The lowest BCUT2D eigenvalue weighted by Gasteiger charge is -2.10. The Labute approximate surface area is 156 Å². The largest absolute Gasteiger partial charge is 0.324 e. The predicted octanol–water partition coefficient (Wildman–Crippen LogP) is 3.07. The lowest BCUT2D eigenvalue weighted by Crippen LogP contribution is -2.16. The Hall–Kier alpha value is -2.45. The summed E-state index contributed by atoms with van der Waals surface area (Å²) in [6, 6.07) is 14.0. The third-order valence-electron chi connectivity index (χ3n) is 3.58. The molecular formula is C18H17N3O3S2. The molecule has 26 heavy (non-hydrogen) atoms. The van der Waals surface area contributed by atoms with Crippen molar-refractivity contribution in [1.29, 1.82) is 0 Å². The third-order valence-corrected chi connectivity index (χ3v) is 5.73. The van der Waals surface area contributed by atoms with Crippen molar-refractivity contribution in [1.82, 2.24) is 9.97 Å². The highest BCUT2D eigenvalue weighted by Crippen LogP contribution is 2.26. The Balaban J connectivity index is 1.77. The van der Waals surface area contributed by atoms with Crippen LogP contribution in [-0.4, -0.2) is 36.3 Å². The SMILES string of the molecule is Cc1nc(SCC(=O)Nc2ccccc2S(C)(=O)=O)c2ccccc2n1. The summed E-state index contributed by atoms with van der Waals surface area (Å²) in [4.78, 5) is 21.2. The molecule has 0 aliphatic heterocycles. The van der Waals surface area contributed by atoms with E-state index in [0.717, 1.165) is 22.2 Å². The van der Waals surface area contributed by atoms with Crippen LogP contribution < -0.4 is 5.32 Å². The minimum absolute atomic E-state index is 0.0988. The number of thioether (sulfide) groups is 1. The van der Waals surface area contributed by atoms with E-state index in [1.807, 2.05) is 24.3 Å². The van der Waals surface area contributed by atoms with E-state index in [0.29, 0.717) is 5.82 Å². The summed E-state index contributed by atoms with van der Waals surface area (Å²) >= 11 is 1.29. The van der Waals surface area contributed by atoms with Crippen molar-refractivity contribution >= 4 is 44.1 Å². The van der Waals surface area contributed by atoms with Gasteiger partial charge in [-0.25, -0.2) is 18.4 Å². The van der Waals surface area contributed by atoms with E-state index >= 15 is 0 Å². The topological polar surface area (TPSA) is 89.0 Å². The normalized spacial score (nSPS) is 11.5. The monoisotopic (exact) mass is 387 g/mol. The van der Waals surface area contributed by atoms with Gasteiger partial charge < -0.3 is 5.32 Å². The second kappa shape index (κ2) is 7.43. The highest BCUT2D eigenvalue weighted by atomic mass is 32.2. The molecule has 0 bridgehead atoms. The molecule has 2 aromatic carbocycles. The highest BCUT2D eigenvalue weighted by Gasteiger charge is 2.15. The van der Waals surface area contributed by atoms with E-state index in [-0.39, 0.29) is 22.2 Å². The van der Waals surface area contributed by atoms with Crippen LogP contribution in [0.25, 0.3) is 10.9 Å². The molecule has 8 heteroatoms. The molecule has 1 heterocycles. The number of nitrogens with zero attached hydrogens (tertiary/aromatic N) is 2. The number of amides is 1. The van der Waals surface area contributed by atoms with Crippen LogP contribution in [-0.2, 0) is 14.6 Å². The first-order valence-corrected chi connectivity index (χ1v) is 10.7. The van der Waals surface area contributed by atoms with Crippen LogP contribution in [0, 0.1) is 6.92 Å². The molecule has 0 saturated heterocycles. The zero-order chi connectivity index (χ0) is 18.7. The van der Waals surface area contributed by atoms with Crippen molar-refractivity contribution in [3.63, 3.8) is 0 Å². The molecule has 3 aromatic rings. The van der Waals surface area contributed by atoms with E-state index in [2.05, 4.69) is 15.3 Å². The summed E-state index contributed by atoms with van der Waals surface area (Å²) in [6.07, 6.45) is 1.11. The van der Waals surface area contributed by atoms with Gasteiger partial charge in [0.05, 0.1) is 21.9 Å². The average molecular weight is 387 g/mol. The van der Waals surface area contributed by atoms with Gasteiger partial charge in [0.2, 0.25) is 5.91 Å².